The highest BCUT2D eigenvalue weighted by Gasteiger charge is 2.42. The lowest BCUT2D eigenvalue weighted by molar-refractivity contribution is -0.0307. The van der Waals surface area contributed by atoms with Gasteiger partial charge in [-0.3, -0.25) is 0 Å². The number of amides is 2. The Balaban J connectivity index is 2.03. The molecule has 2 amide bonds. The second kappa shape index (κ2) is 5.23. The number of carbonyl (C=O) groups excluding carboxylic acids is 1. The summed E-state index contributed by atoms with van der Waals surface area (Å²) in [4.78, 5) is 13.4. The number of hydrogen-bond donors (Lipinski definition) is 2. The van der Waals surface area contributed by atoms with Crippen molar-refractivity contribution in [3.05, 3.63) is 0 Å². The van der Waals surface area contributed by atoms with Crippen LogP contribution in [0.1, 0.15) is 19.3 Å². The summed E-state index contributed by atoms with van der Waals surface area (Å²) in [7, 11) is 3.54. The van der Waals surface area contributed by atoms with Gasteiger partial charge in [0.1, 0.15) is 0 Å². The van der Waals surface area contributed by atoms with Crippen molar-refractivity contribution < 1.29 is 9.53 Å². The zero-order chi connectivity index (χ0) is 12.3. The van der Waals surface area contributed by atoms with E-state index >= 15 is 0 Å². The first kappa shape index (κ1) is 12.6. The third-order valence-electron chi connectivity index (χ3n) is 4.07. The second-order valence-corrected chi connectivity index (χ2v) is 5.33. The average Bonchev–Trinajstić information content (AvgIpc) is 2.33. The predicted molar refractivity (Wildman–Crippen MR) is 66.0 cm³/mol. The van der Waals surface area contributed by atoms with Gasteiger partial charge in [0, 0.05) is 20.7 Å². The van der Waals surface area contributed by atoms with Crippen molar-refractivity contribution in [1.82, 2.24) is 15.5 Å². The van der Waals surface area contributed by atoms with Crippen molar-refractivity contribution in [1.29, 1.82) is 0 Å². The largest absolute Gasteiger partial charge is 0.379 e. The minimum atomic E-state index is -0.0154. The van der Waals surface area contributed by atoms with Crippen molar-refractivity contribution in [2.75, 3.05) is 40.4 Å². The van der Waals surface area contributed by atoms with Crippen LogP contribution in [0.4, 0.5) is 4.79 Å². The Morgan fingerprint density at radius 1 is 1.35 bits per heavy atom. The molecule has 0 aromatic rings. The lowest BCUT2D eigenvalue weighted by Gasteiger charge is -2.47. The first-order valence-corrected chi connectivity index (χ1v) is 6.40. The molecule has 2 aliphatic heterocycles. The third kappa shape index (κ3) is 2.72. The summed E-state index contributed by atoms with van der Waals surface area (Å²) in [5, 5.41) is 6.50. The van der Waals surface area contributed by atoms with E-state index in [2.05, 4.69) is 10.6 Å². The molecule has 1 spiro atoms. The average molecular weight is 241 g/mol. The van der Waals surface area contributed by atoms with E-state index in [0.717, 1.165) is 39.0 Å². The van der Waals surface area contributed by atoms with Gasteiger partial charge in [0.25, 0.3) is 0 Å². The summed E-state index contributed by atoms with van der Waals surface area (Å²) in [6.45, 7) is 3.58. The van der Waals surface area contributed by atoms with Gasteiger partial charge >= 0.3 is 6.03 Å². The van der Waals surface area contributed by atoms with Crippen molar-refractivity contribution in [3.63, 3.8) is 0 Å². The molecule has 2 N–H and O–H groups in total. The highest BCUT2D eigenvalue weighted by Crippen LogP contribution is 2.39. The standard InChI is InChI=1S/C12H23N3O2/c1-15(2)11(16)14-10-9-17-8-5-12(10)3-6-13-7-4-12/h10,13H,3-9H2,1-2H3,(H,14,16)/t10-/m0/s1. The van der Waals surface area contributed by atoms with Gasteiger partial charge in [-0.1, -0.05) is 0 Å². The molecule has 1 atom stereocenters. The van der Waals surface area contributed by atoms with Gasteiger partial charge in [0.05, 0.1) is 12.6 Å². The van der Waals surface area contributed by atoms with E-state index in [1.165, 1.54) is 0 Å². The van der Waals surface area contributed by atoms with E-state index in [0.29, 0.717) is 6.61 Å². The van der Waals surface area contributed by atoms with E-state index in [9.17, 15) is 4.79 Å². The number of urea groups is 1. The molecule has 2 saturated heterocycles. The monoisotopic (exact) mass is 241 g/mol. The molecule has 0 bridgehead atoms. The lowest BCUT2D eigenvalue weighted by Crippen LogP contribution is -2.58. The summed E-state index contributed by atoms with van der Waals surface area (Å²) >= 11 is 0. The molecular weight excluding hydrogens is 218 g/mol. The maximum absolute atomic E-state index is 11.8. The second-order valence-electron chi connectivity index (χ2n) is 5.33. The normalized spacial score (nSPS) is 27.8. The first-order valence-electron chi connectivity index (χ1n) is 6.40. The molecule has 98 valence electrons. The molecule has 17 heavy (non-hydrogen) atoms. The maximum Gasteiger partial charge on any atom is 0.317 e. The van der Waals surface area contributed by atoms with E-state index < -0.39 is 0 Å². The molecule has 0 radical (unpaired) electrons. The summed E-state index contributed by atoms with van der Waals surface area (Å²) in [5.74, 6) is 0. The highest BCUT2D eigenvalue weighted by atomic mass is 16.5. The SMILES string of the molecule is CN(C)C(=O)N[C@H]1COCCC12CCNCC2. The molecule has 5 nitrogen and oxygen atoms in total. The zero-order valence-electron chi connectivity index (χ0n) is 10.8. The van der Waals surface area contributed by atoms with Gasteiger partial charge in [0.15, 0.2) is 0 Å². The van der Waals surface area contributed by atoms with Crippen LogP contribution in [-0.2, 0) is 4.74 Å². The minimum absolute atomic E-state index is 0.0154. The lowest BCUT2D eigenvalue weighted by atomic mass is 9.69. The Morgan fingerprint density at radius 3 is 2.71 bits per heavy atom. The van der Waals surface area contributed by atoms with Crippen molar-refractivity contribution in [3.8, 4) is 0 Å². The molecule has 0 saturated carbocycles. The third-order valence-corrected chi connectivity index (χ3v) is 4.07. The number of nitrogens with zero attached hydrogens (tertiary/aromatic N) is 1. The Morgan fingerprint density at radius 2 is 2.06 bits per heavy atom. The summed E-state index contributed by atoms with van der Waals surface area (Å²) < 4.78 is 5.54. The molecule has 2 rings (SSSR count). The predicted octanol–water partition coefficient (Wildman–Crippen LogP) is 0.416. The number of ether oxygens (including phenoxy) is 1. The van der Waals surface area contributed by atoms with Crippen LogP contribution in [0.15, 0.2) is 0 Å². The van der Waals surface area contributed by atoms with Gasteiger partial charge in [-0.25, -0.2) is 4.79 Å². The maximum atomic E-state index is 11.8. The Bertz CT molecular complexity index is 267. The van der Waals surface area contributed by atoms with Crippen LogP contribution in [0.5, 0.6) is 0 Å². The van der Waals surface area contributed by atoms with E-state index in [1.54, 1.807) is 19.0 Å². The van der Waals surface area contributed by atoms with Crippen LogP contribution in [0, 0.1) is 5.41 Å². The van der Waals surface area contributed by atoms with Crippen LogP contribution in [-0.4, -0.2) is 57.4 Å². The van der Waals surface area contributed by atoms with E-state index in [1.807, 2.05) is 0 Å². The smallest absolute Gasteiger partial charge is 0.317 e. The number of rotatable bonds is 1. The van der Waals surface area contributed by atoms with E-state index in [-0.39, 0.29) is 17.5 Å². The van der Waals surface area contributed by atoms with Crippen molar-refractivity contribution in [2.45, 2.75) is 25.3 Å². The summed E-state index contributed by atoms with van der Waals surface area (Å²) in [6.07, 6.45) is 3.33. The molecule has 0 aromatic carbocycles. The fourth-order valence-electron chi connectivity index (χ4n) is 2.82. The zero-order valence-corrected chi connectivity index (χ0v) is 10.8. The molecule has 0 aliphatic carbocycles. The van der Waals surface area contributed by atoms with Crippen LogP contribution in [0.2, 0.25) is 0 Å². The minimum Gasteiger partial charge on any atom is -0.379 e. The van der Waals surface area contributed by atoms with Gasteiger partial charge in [-0.2, -0.15) is 0 Å². The van der Waals surface area contributed by atoms with Crippen LogP contribution >= 0.6 is 0 Å². The van der Waals surface area contributed by atoms with Gasteiger partial charge in [-0.15, -0.1) is 0 Å². The van der Waals surface area contributed by atoms with Gasteiger partial charge < -0.3 is 20.3 Å². The quantitative estimate of drug-likeness (QED) is 0.699. The molecule has 2 fully saturated rings. The Labute approximate surface area is 103 Å². The summed E-state index contributed by atoms with van der Waals surface area (Å²) in [6, 6.07) is 0.145. The molecular formula is C12H23N3O2. The Kier molecular flexibility index (Phi) is 3.89. The van der Waals surface area contributed by atoms with Crippen molar-refractivity contribution >= 4 is 6.03 Å². The summed E-state index contributed by atoms with van der Waals surface area (Å²) in [5.41, 5.74) is 0.245. The first-order chi connectivity index (χ1) is 8.14. The molecule has 2 heterocycles. The number of piperidine rings is 1. The molecule has 2 aliphatic rings. The van der Waals surface area contributed by atoms with E-state index in [4.69, 9.17) is 4.74 Å². The molecule has 0 unspecified atom stereocenters. The highest BCUT2D eigenvalue weighted by molar-refractivity contribution is 5.74. The van der Waals surface area contributed by atoms with Gasteiger partial charge in [-0.05, 0) is 37.8 Å². The number of carbonyl (C=O) groups is 1. The molecule has 0 aromatic heterocycles. The van der Waals surface area contributed by atoms with Crippen LogP contribution < -0.4 is 10.6 Å². The molecule has 5 heteroatoms. The Hall–Kier alpha value is -0.810. The fourth-order valence-corrected chi connectivity index (χ4v) is 2.82. The topological polar surface area (TPSA) is 53.6 Å². The van der Waals surface area contributed by atoms with Crippen LogP contribution in [0.25, 0.3) is 0 Å². The van der Waals surface area contributed by atoms with Crippen molar-refractivity contribution in [2.24, 2.45) is 5.41 Å². The van der Waals surface area contributed by atoms with Crippen LogP contribution in [0.3, 0.4) is 0 Å². The number of hydrogen-bond acceptors (Lipinski definition) is 3. The fraction of sp³-hybridized carbons (Fsp3) is 0.917. The number of nitrogens with one attached hydrogen (secondary N) is 2. The van der Waals surface area contributed by atoms with Gasteiger partial charge in [0.2, 0.25) is 0 Å².